The minimum absolute atomic E-state index is 0.0260. The molecule has 0 bridgehead atoms. The lowest BCUT2D eigenvalue weighted by Crippen LogP contribution is -2.21. The lowest BCUT2D eigenvalue weighted by Gasteiger charge is -2.13. The van der Waals surface area contributed by atoms with Crippen molar-refractivity contribution >= 4 is 11.6 Å². The molecule has 0 fully saturated rings. The van der Waals surface area contributed by atoms with Crippen LogP contribution in [0.4, 0.5) is 23.2 Å². The van der Waals surface area contributed by atoms with Gasteiger partial charge in [0.1, 0.15) is 17.4 Å². The first kappa shape index (κ1) is 21.6. The molecule has 0 saturated heterocycles. The third-order valence-corrected chi connectivity index (χ3v) is 4.35. The quantitative estimate of drug-likeness (QED) is 0.467. The van der Waals surface area contributed by atoms with E-state index in [-0.39, 0.29) is 28.5 Å². The second-order valence-corrected chi connectivity index (χ2v) is 6.59. The second kappa shape index (κ2) is 8.11. The first-order chi connectivity index (χ1) is 15.7. The topological polar surface area (TPSA) is 127 Å². The van der Waals surface area contributed by atoms with Crippen molar-refractivity contribution in [1.29, 1.82) is 5.26 Å². The highest BCUT2D eigenvalue weighted by molar-refractivity contribution is 6.05. The molecule has 0 atom stereocenters. The molecule has 4 aromatic rings. The van der Waals surface area contributed by atoms with Crippen LogP contribution in [0.15, 0.2) is 43.1 Å². The van der Waals surface area contributed by atoms with Crippen molar-refractivity contribution in [2.24, 2.45) is 0 Å². The van der Waals surface area contributed by atoms with Gasteiger partial charge in [-0.1, -0.05) is 0 Å². The molecular formula is C19H11F4N9O. The van der Waals surface area contributed by atoms with E-state index in [1.165, 1.54) is 25.4 Å². The Morgan fingerprint density at radius 2 is 1.76 bits per heavy atom. The number of anilines is 1. The molecule has 166 valence electrons. The van der Waals surface area contributed by atoms with Crippen LogP contribution in [0.2, 0.25) is 0 Å². The van der Waals surface area contributed by atoms with Gasteiger partial charge in [-0.05, 0) is 24.6 Å². The van der Waals surface area contributed by atoms with Gasteiger partial charge in [0.2, 0.25) is 0 Å². The third kappa shape index (κ3) is 4.11. The molecule has 10 nitrogen and oxygen atoms in total. The lowest BCUT2D eigenvalue weighted by molar-refractivity contribution is -0.143. The van der Waals surface area contributed by atoms with Crippen LogP contribution in [-0.2, 0) is 6.18 Å². The average molecular weight is 457 g/mol. The molecule has 0 aliphatic carbocycles. The van der Waals surface area contributed by atoms with Gasteiger partial charge in [-0.2, -0.15) is 33.7 Å². The molecule has 0 saturated carbocycles. The molecule has 0 radical (unpaired) electrons. The summed E-state index contributed by atoms with van der Waals surface area (Å²) >= 11 is 0. The molecule has 14 heteroatoms. The van der Waals surface area contributed by atoms with Gasteiger partial charge in [0, 0.05) is 0 Å². The van der Waals surface area contributed by atoms with Gasteiger partial charge in [0.05, 0.1) is 42.2 Å². The van der Waals surface area contributed by atoms with Crippen LogP contribution in [0.5, 0.6) is 0 Å². The van der Waals surface area contributed by atoms with Crippen molar-refractivity contribution in [3.8, 4) is 17.7 Å². The summed E-state index contributed by atoms with van der Waals surface area (Å²) in [5.41, 5.74) is -2.18. The number of hydrogen-bond donors (Lipinski definition) is 1. The van der Waals surface area contributed by atoms with Crippen molar-refractivity contribution < 1.29 is 22.4 Å². The van der Waals surface area contributed by atoms with E-state index in [1.807, 2.05) is 6.07 Å². The maximum absolute atomic E-state index is 13.9. The summed E-state index contributed by atoms with van der Waals surface area (Å²) in [5, 5.41) is 23.0. The number of hydrogen-bond acceptors (Lipinski definition) is 7. The normalized spacial score (nSPS) is 11.3. The zero-order chi connectivity index (χ0) is 23.8. The number of aryl methyl sites for hydroxylation is 1. The van der Waals surface area contributed by atoms with E-state index in [9.17, 15) is 27.6 Å². The maximum Gasteiger partial charge on any atom is 0.434 e. The van der Waals surface area contributed by atoms with Gasteiger partial charge in [-0.25, -0.2) is 19.0 Å². The molecule has 0 unspecified atom stereocenters. The zero-order valence-electron chi connectivity index (χ0n) is 16.5. The SMILES string of the molecule is Cc1cc(F)cnc1-n1ncc(C(=O)Nc2cnc(-n3nccn3)c(C#N)c2)c1C(F)(F)F. The minimum atomic E-state index is -4.99. The van der Waals surface area contributed by atoms with Crippen LogP contribution in [-0.4, -0.2) is 40.6 Å². The van der Waals surface area contributed by atoms with Crippen LogP contribution in [0, 0.1) is 24.1 Å². The van der Waals surface area contributed by atoms with Crippen LogP contribution in [0.3, 0.4) is 0 Å². The molecule has 0 aliphatic heterocycles. The summed E-state index contributed by atoms with van der Waals surface area (Å²) in [6, 6.07) is 4.07. The van der Waals surface area contributed by atoms with Gasteiger partial charge in [0.15, 0.2) is 17.3 Å². The largest absolute Gasteiger partial charge is 0.434 e. The molecule has 4 rings (SSSR count). The molecule has 4 heterocycles. The number of aromatic nitrogens is 7. The standard InChI is InChI=1S/C19H11F4N9O/c1-10-4-12(20)7-25-16(10)31-15(19(21,22)23)14(9-29-31)18(33)30-13-5-11(6-24)17(26-8-13)32-27-2-3-28-32/h2-5,7-9H,1H3,(H,30,33). The number of halogens is 4. The smallest absolute Gasteiger partial charge is 0.320 e. The van der Waals surface area contributed by atoms with Gasteiger partial charge in [0.25, 0.3) is 5.91 Å². The van der Waals surface area contributed by atoms with E-state index < -0.39 is 29.2 Å². The number of pyridine rings is 2. The Balaban J connectivity index is 1.71. The van der Waals surface area contributed by atoms with E-state index in [4.69, 9.17) is 0 Å². The summed E-state index contributed by atoms with van der Waals surface area (Å²) < 4.78 is 55.3. The van der Waals surface area contributed by atoms with Crippen LogP contribution in [0.25, 0.3) is 11.6 Å². The Labute approximate surface area is 182 Å². The Bertz CT molecular complexity index is 1390. The van der Waals surface area contributed by atoms with E-state index in [1.54, 1.807) is 0 Å². The van der Waals surface area contributed by atoms with Crippen molar-refractivity contribution in [3.05, 3.63) is 71.3 Å². The first-order valence-corrected chi connectivity index (χ1v) is 9.05. The van der Waals surface area contributed by atoms with Gasteiger partial charge in [-0.3, -0.25) is 4.79 Å². The second-order valence-electron chi connectivity index (χ2n) is 6.59. The van der Waals surface area contributed by atoms with E-state index in [0.717, 1.165) is 29.5 Å². The number of rotatable bonds is 4. The van der Waals surface area contributed by atoms with Gasteiger partial charge >= 0.3 is 6.18 Å². The fraction of sp³-hybridized carbons (Fsp3) is 0.105. The number of amides is 1. The summed E-state index contributed by atoms with van der Waals surface area (Å²) in [5.74, 6) is -2.09. The third-order valence-electron chi connectivity index (χ3n) is 4.35. The lowest BCUT2D eigenvalue weighted by atomic mass is 10.2. The molecule has 33 heavy (non-hydrogen) atoms. The van der Waals surface area contributed by atoms with Gasteiger partial charge < -0.3 is 5.32 Å². The summed E-state index contributed by atoms with van der Waals surface area (Å²) in [7, 11) is 0. The van der Waals surface area contributed by atoms with Crippen molar-refractivity contribution in [1.82, 2.24) is 34.7 Å². The van der Waals surface area contributed by atoms with E-state index in [0.29, 0.717) is 4.68 Å². The molecule has 0 aliphatic rings. The van der Waals surface area contributed by atoms with Crippen LogP contribution >= 0.6 is 0 Å². The van der Waals surface area contributed by atoms with Crippen molar-refractivity contribution in [2.75, 3.05) is 5.32 Å². The molecule has 0 aromatic carbocycles. The molecule has 4 aromatic heterocycles. The Hall–Kier alpha value is -4.67. The number of alkyl halides is 3. The Morgan fingerprint density at radius 1 is 1.06 bits per heavy atom. The van der Waals surface area contributed by atoms with E-state index >= 15 is 0 Å². The minimum Gasteiger partial charge on any atom is -0.320 e. The number of nitriles is 1. The number of carbonyl (C=O) groups excluding carboxylic acids is 1. The molecule has 1 amide bonds. The highest BCUT2D eigenvalue weighted by atomic mass is 19.4. The summed E-state index contributed by atoms with van der Waals surface area (Å²) in [6.07, 6.45) is 0.357. The maximum atomic E-state index is 13.9. The fourth-order valence-electron chi connectivity index (χ4n) is 2.99. The Morgan fingerprint density at radius 3 is 2.39 bits per heavy atom. The summed E-state index contributed by atoms with van der Waals surface area (Å²) in [4.78, 5) is 21.4. The van der Waals surface area contributed by atoms with Crippen molar-refractivity contribution in [2.45, 2.75) is 13.1 Å². The fourth-order valence-corrected chi connectivity index (χ4v) is 2.99. The predicted octanol–water partition coefficient (Wildman–Crippen LogP) is 2.83. The van der Waals surface area contributed by atoms with Gasteiger partial charge in [-0.15, -0.1) is 4.80 Å². The van der Waals surface area contributed by atoms with E-state index in [2.05, 4.69) is 30.6 Å². The van der Waals surface area contributed by atoms with Crippen molar-refractivity contribution in [3.63, 3.8) is 0 Å². The number of nitrogens with one attached hydrogen (secondary N) is 1. The predicted molar refractivity (Wildman–Crippen MR) is 103 cm³/mol. The Kier molecular flexibility index (Phi) is 5.30. The average Bonchev–Trinajstić information content (AvgIpc) is 3.43. The highest BCUT2D eigenvalue weighted by Gasteiger charge is 2.41. The highest BCUT2D eigenvalue weighted by Crippen LogP contribution is 2.34. The monoisotopic (exact) mass is 457 g/mol. The van der Waals surface area contributed by atoms with Crippen LogP contribution in [0.1, 0.15) is 27.2 Å². The molecular weight excluding hydrogens is 446 g/mol. The number of nitrogens with zero attached hydrogens (tertiary/aromatic N) is 8. The number of carbonyl (C=O) groups is 1. The first-order valence-electron chi connectivity index (χ1n) is 9.05. The summed E-state index contributed by atoms with van der Waals surface area (Å²) in [6.45, 7) is 1.36. The molecule has 1 N–H and O–H groups in total. The molecule has 0 spiro atoms. The zero-order valence-corrected chi connectivity index (χ0v) is 16.5. The van der Waals surface area contributed by atoms with Crippen LogP contribution < -0.4 is 5.32 Å².